The number of methoxy groups -OCH3 is 1. The lowest BCUT2D eigenvalue weighted by Gasteiger charge is -2.08. The molecule has 0 aliphatic carbocycles. The zero-order valence-corrected chi connectivity index (χ0v) is 13.5. The van der Waals surface area contributed by atoms with Crippen LogP contribution in [0.1, 0.15) is 0 Å². The second kappa shape index (κ2) is 6.28. The van der Waals surface area contributed by atoms with Gasteiger partial charge in [0, 0.05) is 17.1 Å². The molecule has 2 aromatic carbocycles. The van der Waals surface area contributed by atoms with Crippen LogP contribution in [0.4, 0.5) is 4.39 Å². The van der Waals surface area contributed by atoms with Crippen molar-refractivity contribution in [3.05, 3.63) is 72.7 Å². The number of halogens is 1. The summed E-state index contributed by atoms with van der Waals surface area (Å²) in [6.07, 6.45) is 1.76. The van der Waals surface area contributed by atoms with Crippen LogP contribution >= 0.6 is 0 Å². The summed E-state index contributed by atoms with van der Waals surface area (Å²) in [5.74, 6) is 0.254. The van der Waals surface area contributed by atoms with E-state index in [1.165, 1.54) is 7.11 Å². The zero-order valence-electron chi connectivity index (χ0n) is 13.5. The summed E-state index contributed by atoms with van der Waals surface area (Å²) >= 11 is 0. The Bertz CT molecular complexity index is 1070. The van der Waals surface area contributed by atoms with E-state index in [-0.39, 0.29) is 5.75 Å². The maximum atomic E-state index is 14.5. The van der Waals surface area contributed by atoms with Gasteiger partial charge in [-0.15, -0.1) is 0 Å². The molecule has 2 aromatic heterocycles. The van der Waals surface area contributed by atoms with Gasteiger partial charge in [0.15, 0.2) is 17.4 Å². The monoisotopic (exact) mass is 331 g/mol. The van der Waals surface area contributed by atoms with Gasteiger partial charge in [0.25, 0.3) is 0 Å². The molecular formula is C20H14FN3O. The van der Waals surface area contributed by atoms with Crippen LogP contribution in [0.15, 0.2) is 66.9 Å². The fourth-order valence-electron chi connectivity index (χ4n) is 2.67. The van der Waals surface area contributed by atoms with Crippen LogP contribution in [-0.4, -0.2) is 22.1 Å². The van der Waals surface area contributed by atoms with E-state index in [9.17, 15) is 4.39 Å². The summed E-state index contributed by atoms with van der Waals surface area (Å²) in [6.45, 7) is 0. The third kappa shape index (κ3) is 2.80. The molecule has 0 bridgehead atoms. The molecule has 0 saturated carbocycles. The number of aromatic nitrogens is 3. The number of hydrogen-bond acceptors (Lipinski definition) is 4. The molecule has 0 aliphatic rings. The Kier molecular flexibility index (Phi) is 3.82. The maximum absolute atomic E-state index is 14.5. The highest BCUT2D eigenvalue weighted by Crippen LogP contribution is 2.29. The van der Waals surface area contributed by atoms with Gasteiger partial charge in [-0.3, -0.25) is 0 Å². The average molecular weight is 331 g/mol. The maximum Gasteiger partial charge on any atom is 0.178 e. The third-order valence-electron chi connectivity index (χ3n) is 3.93. The average Bonchev–Trinajstić information content (AvgIpc) is 2.68. The van der Waals surface area contributed by atoms with Crippen LogP contribution in [0.2, 0.25) is 0 Å². The molecule has 0 fully saturated rings. The standard InChI is InChI=1S/C20H14FN3O/c1-25-18-11-4-7-14(19(18)21)16-9-5-10-17(23-16)20-22-12-13-6-2-3-8-15(13)24-20/h2-12H,1H3. The Labute approximate surface area is 144 Å². The van der Waals surface area contributed by atoms with Crippen molar-refractivity contribution in [2.45, 2.75) is 0 Å². The molecule has 0 unspecified atom stereocenters. The first-order valence-electron chi connectivity index (χ1n) is 7.78. The predicted octanol–water partition coefficient (Wildman–Crippen LogP) is 4.51. The third-order valence-corrected chi connectivity index (χ3v) is 3.93. The van der Waals surface area contributed by atoms with E-state index in [4.69, 9.17) is 4.74 Å². The summed E-state index contributed by atoms with van der Waals surface area (Å²) in [4.78, 5) is 13.5. The number of hydrogen-bond donors (Lipinski definition) is 0. The van der Waals surface area contributed by atoms with Crippen LogP contribution in [-0.2, 0) is 0 Å². The molecule has 4 aromatic rings. The number of benzene rings is 2. The van der Waals surface area contributed by atoms with Crippen LogP contribution in [0, 0.1) is 5.82 Å². The Morgan fingerprint density at radius 1 is 0.840 bits per heavy atom. The predicted molar refractivity (Wildman–Crippen MR) is 94.7 cm³/mol. The molecule has 25 heavy (non-hydrogen) atoms. The zero-order chi connectivity index (χ0) is 17.2. The Balaban J connectivity index is 1.81. The van der Waals surface area contributed by atoms with Gasteiger partial charge >= 0.3 is 0 Å². The van der Waals surface area contributed by atoms with Gasteiger partial charge in [-0.25, -0.2) is 19.3 Å². The smallest absolute Gasteiger partial charge is 0.178 e. The number of para-hydroxylation sites is 1. The summed E-state index contributed by atoms with van der Waals surface area (Å²) in [7, 11) is 1.44. The quantitative estimate of drug-likeness (QED) is 0.554. The normalized spacial score (nSPS) is 10.8. The molecule has 5 heteroatoms. The van der Waals surface area contributed by atoms with Gasteiger partial charge in [0.2, 0.25) is 0 Å². The summed E-state index contributed by atoms with van der Waals surface area (Å²) in [5.41, 5.74) is 2.31. The van der Waals surface area contributed by atoms with Gasteiger partial charge in [-0.05, 0) is 30.3 Å². The molecule has 0 atom stereocenters. The van der Waals surface area contributed by atoms with Crippen molar-refractivity contribution in [1.29, 1.82) is 0 Å². The first-order valence-corrected chi connectivity index (χ1v) is 7.78. The second-order valence-electron chi connectivity index (χ2n) is 5.48. The van der Waals surface area contributed by atoms with Gasteiger partial charge in [-0.2, -0.15) is 0 Å². The fourth-order valence-corrected chi connectivity index (χ4v) is 2.67. The first kappa shape index (κ1) is 15.2. The van der Waals surface area contributed by atoms with Gasteiger partial charge < -0.3 is 4.74 Å². The molecule has 0 amide bonds. The lowest BCUT2D eigenvalue weighted by atomic mass is 10.1. The molecule has 4 rings (SSSR count). The summed E-state index contributed by atoms with van der Waals surface area (Å²) in [5, 5.41) is 0.959. The molecule has 2 heterocycles. The van der Waals surface area contributed by atoms with E-state index in [0.29, 0.717) is 22.8 Å². The van der Waals surface area contributed by atoms with Crippen LogP contribution < -0.4 is 4.74 Å². The van der Waals surface area contributed by atoms with Crippen LogP contribution in [0.25, 0.3) is 33.7 Å². The van der Waals surface area contributed by atoms with E-state index in [1.54, 1.807) is 30.5 Å². The SMILES string of the molecule is COc1cccc(-c2cccc(-c3ncc4ccccc4n3)n2)c1F. The number of nitrogens with zero attached hydrogens (tertiary/aromatic N) is 3. The number of fused-ring (bicyclic) bond motifs is 1. The minimum Gasteiger partial charge on any atom is -0.494 e. The van der Waals surface area contributed by atoms with E-state index in [0.717, 1.165) is 10.9 Å². The highest BCUT2D eigenvalue weighted by atomic mass is 19.1. The molecule has 122 valence electrons. The highest BCUT2D eigenvalue weighted by molar-refractivity contribution is 5.79. The molecule has 0 radical (unpaired) electrons. The van der Waals surface area contributed by atoms with Crippen molar-refractivity contribution in [2.24, 2.45) is 0 Å². The van der Waals surface area contributed by atoms with Crippen molar-refractivity contribution >= 4 is 10.9 Å². The number of pyridine rings is 1. The summed E-state index contributed by atoms with van der Waals surface area (Å²) < 4.78 is 19.5. The van der Waals surface area contributed by atoms with Crippen molar-refractivity contribution < 1.29 is 9.13 Å². The lowest BCUT2D eigenvalue weighted by Crippen LogP contribution is -1.96. The Morgan fingerprint density at radius 3 is 2.52 bits per heavy atom. The summed E-state index contributed by atoms with van der Waals surface area (Å²) in [6, 6.07) is 18.1. The number of ether oxygens (including phenoxy) is 1. The van der Waals surface area contributed by atoms with Gasteiger partial charge in [-0.1, -0.05) is 30.3 Å². The second-order valence-corrected chi connectivity index (χ2v) is 5.48. The van der Waals surface area contributed by atoms with Crippen molar-refractivity contribution in [3.8, 4) is 28.5 Å². The van der Waals surface area contributed by atoms with E-state index >= 15 is 0 Å². The largest absolute Gasteiger partial charge is 0.494 e. The van der Waals surface area contributed by atoms with Crippen molar-refractivity contribution in [1.82, 2.24) is 15.0 Å². The van der Waals surface area contributed by atoms with E-state index in [1.807, 2.05) is 36.4 Å². The van der Waals surface area contributed by atoms with Gasteiger partial charge in [0.1, 0.15) is 5.69 Å². The number of rotatable bonds is 3. The minimum absolute atomic E-state index is 0.187. The van der Waals surface area contributed by atoms with E-state index < -0.39 is 5.82 Å². The Hall–Kier alpha value is -3.34. The van der Waals surface area contributed by atoms with Crippen molar-refractivity contribution in [2.75, 3.05) is 7.11 Å². The molecule has 4 nitrogen and oxygen atoms in total. The molecule has 0 aliphatic heterocycles. The molecule has 0 N–H and O–H groups in total. The Morgan fingerprint density at radius 2 is 1.64 bits per heavy atom. The molecule has 0 saturated heterocycles. The lowest BCUT2D eigenvalue weighted by molar-refractivity contribution is 0.387. The van der Waals surface area contributed by atoms with Crippen LogP contribution in [0.3, 0.4) is 0 Å². The molecular weight excluding hydrogens is 317 g/mol. The topological polar surface area (TPSA) is 47.9 Å². The van der Waals surface area contributed by atoms with Crippen LogP contribution in [0.5, 0.6) is 5.75 Å². The van der Waals surface area contributed by atoms with Crippen molar-refractivity contribution in [3.63, 3.8) is 0 Å². The fraction of sp³-hybridized carbons (Fsp3) is 0.0500. The van der Waals surface area contributed by atoms with Gasteiger partial charge in [0.05, 0.1) is 18.3 Å². The van der Waals surface area contributed by atoms with E-state index in [2.05, 4.69) is 15.0 Å². The first-order chi connectivity index (χ1) is 12.3. The minimum atomic E-state index is -0.436. The molecule has 0 spiro atoms. The highest BCUT2D eigenvalue weighted by Gasteiger charge is 2.13.